The first-order chi connectivity index (χ1) is 13.5. The van der Waals surface area contributed by atoms with Gasteiger partial charge >= 0.3 is 5.97 Å². The maximum atomic E-state index is 12.6. The molecule has 0 N–H and O–H groups in total. The molecule has 1 saturated heterocycles. The van der Waals surface area contributed by atoms with Crippen LogP contribution >= 0.6 is 11.6 Å². The summed E-state index contributed by atoms with van der Waals surface area (Å²) < 4.78 is 37.4. The Morgan fingerprint density at radius 2 is 1.64 bits per heavy atom. The lowest BCUT2D eigenvalue weighted by molar-refractivity contribution is -0.150. The first-order valence-corrected chi connectivity index (χ1v) is 10.9. The molecular formula is C20H22ClNO5S. The molecule has 2 aromatic rings. The second-order valence-electron chi connectivity index (χ2n) is 6.46. The highest BCUT2D eigenvalue weighted by atomic mass is 35.5. The molecular weight excluding hydrogens is 402 g/mol. The van der Waals surface area contributed by atoms with Gasteiger partial charge < -0.3 is 9.47 Å². The number of carbonyl (C=O) groups excluding carboxylic acids is 1. The van der Waals surface area contributed by atoms with E-state index in [1.807, 2.05) is 0 Å². The SMILES string of the molecule is O=C(OCCOc1ccc(Cl)cc1)C1CCN(S(=O)(=O)c2ccccc2)CC1. The monoisotopic (exact) mass is 423 g/mol. The summed E-state index contributed by atoms with van der Waals surface area (Å²) in [6.07, 6.45) is 0.895. The molecule has 0 aliphatic carbocycles. The molecule has 0 saturated carbocycles. The summed E-state index contributed by atoms with van der Waals surface area (Å²) >= 11 is 5.81. The molecule has 1 aliphatic rings. The van der Waals surface area contributed by atoms with E-state index in [0.717, 1.165) is 0 Å². The van der Waals surface area contributed by atoms with Crippen LogP contribution in [0.4, 0.5) is 0 Å². The number of sulfonamides is 1. The summed E-state index contributed by atoms with van der Waals surface area (Å²) in [6, 6.07) is 15.3. The van der Waals surface area contributed by atoms with E-state index in [9.17, 15) is 13.2 Å². The third-order valence-corrected chi connectivity index (χ3v) is 6.74. The van der Waals surface area contributed by atoms with Crippen LogP contribution in [0, 0.1) is 5.92 Å². The van der Waals surface area contributed by atoms with Gasteiger partial charge in [-0.15, -0.1) is 0 Å². The van der Waals surface area contributed by atoms with E-state index < -0.39 is 10.0 Å². The van der Waals surface area contributed by atoms with Gasteiger partial charge in [0, 0.05) is 18.1 Å². The standard InChI is InChI=1S/C20H22ClNO5S/c21-17-6-8-18(9-7-17)26-14-15-27-20(23)16-10-12-22(13-11-16)28(24,25)19-4-2-1-3-5-19/h1-9,16H,10-15H2. The summed E-state index contributed by atoms with van der Waals surface area (Å²) in [4.78, 5) is 12.5. The molecule has 0 spiro atoms. The van der Waals surface area contributed by atoms with E-state index in [0.29, 0.717) is 36.7 Å². The van der Waals surface area contributed by atoms with Gasteiger partial charge in [0.15, 0.2) is 0 Å². The van der Waals surface area contributed by atoms with E-state index >= 15 is 0 Å². The molecule has 3 rings (SSSR count). The Hall–Kier alpha value is -2.09. The number of carbonyl (C=O) groups is 1. The van der Waals surface area contributed by atoms with Crippen LogP contribution in [0.15, 0.2) is 59.5 Å². The molecule has 2 aromatic carbocycles. The van der Waals surface area contributed by atoms with Crippen molar-refractivity contribution < 1.29 is 22.7 Å². The molecule has 0 amide bonds. The smallest absolute Gasteiger partial charge is 0.309 e. The van der Waals surface area contributed by atoms with Gasteiger partial charge in [-0.1, -0.05) is 29.8 Å². The third-order valence-electron chi connectivity index (χ3n) is 4.58. The number of rotatable bonds is 7. The number of halogens is 1. The fraction of sp³-hybridized carbons (Fsp3) is 0.350. The van der Waals surface area contributed by atoms with Crippen molar-refractivity contribution in [3.8, 4) is 5.75 Å². The minimum absolute atomic E-state index is 0.143. The van der Waals surface area contributed by atoms with Crippen molar-refractivity contribution in [1.29, 1.82) is 0 Å². The lowest BCUT2D eigenvalue weighted by Gasteiger charge is -2.30. The van der Waals surface area contributed by atoms with Gasteiger partial charge in [0.05, 0.1) is 10.8 Å². The molecule has 0 radical (unpaired) electrons. The van der Waals surface area contributed by atoms with Crippen molar-refractivity contribution in [2.45, 2.75) is 17.7 Å². The lowest BCUT2D eigenvalue weighted by Crippen LogP contribution is -2.40. The highest BCUT2D eigenvalue weighted by Crippen LogP contribution is 2.24. The number of esters is 1. The van der Waals surface area contributed by atoms with Crippen molar-refractivity contribution in [2.75, 3.05) is 26.3 Å². The van der Waals surface area contributed by atoms with Crippen molar-refractivity contribution >= 4 is 27.6 Å². The first kappa shape index (κ1) is 20.6. The Bertz CT molecular complexity index is 879. The number of benzene rings is 2. The average molecular weight is 424 g/mol. The largest absolute Gasteiger partial charge is 0.490 e. The Morgan fingerprint density at radius 3 is 2.29 bits per heavy atom. The summed E-state index contributed by atoms with van der Waals surface area (Å²) in [5.41, 5.74) is 0. The molecule has 0 atom stereocenters. The average Bonchev–Trinajstić information content (AvgIpc) is 2.73. The van der Waals surface area contributed by atoms with Crippen molar-refractivity contribution in [3.63, 3.8) is 0 Å². The molecule has 8 heteroatoms. The zero-order valence-corrected chi connectivity index (χ0v) is 16.9. The fourth-order valence-corrected chi connectivity index (χ4v) is 4.64. The van der Waals surface area contributed by atoms with Crippen LogP contribution in [-0.4, -0.2) is 45.0 Å². The van der Waals surface area contributed by atoms with E-state index in [2.05, 4.69) is 0 Å². The Morgan fingerprint density at radius 1 is 1.00 bits per heavy atom. The predicted octanol–water partition coefficient (Wildman–Crippen LogP) is 3.36. The number of ether oxygens (including phenoxy) is 2. The quantitative estimate of drug-likeness (QED) is 0.504. The van der Waals surface area contributed by atoms with Gasteiger partial charge in [-0.3, -0.25) is 4.79 Å². The Labute approximate surface area is 170 Å². The normalized spacial score (nSPS) is 15.9. The van der Waals surface area contributed by atoms with Crippen LogP contribution in [0.5, 0.6) is 5.75 Å². The van der Waals surface area contributed by atoms with Gasteiger partial charge in [-0.25, -0.2) is 8.42 Å². The van der Waals surface area contributed by atoms with Gasteiger partial charge in [0.2, 0.25) is 10.0 Å². The zero-order valence-electron chi connectivity index (χ0n) is 15.3. The number of nitrogens with zero attached hydrogens (tertiary/aromatic N) is 1. The highest BCUT2D eigenvalue weighted by Gasteiger charge is 2.32. The van der Waals surface area contributed by atoms with Crippen LogP contribution in [0.3, 0.4) is 0 Å². The van der Waals surface area contributed by atoms with E-state index in [1.165, 1.54) is 4.31 Å². The summed E-state index contributed by atoms with van der Waals surface area (Å²) in [5.74, 6) is 0.0501. The molecule has 0 unspecified atom stereocenters. The van der Waals surface area contributed by atoms with Crippen molar-refractivity contribution in [2.24, 2.45) is 5.92 Å². The molecule has 1 heterocycles. The van der Waals surface area contributed by atoms with E-state index in [-0.39, 0.29) is 30.0 Å². The maximum absolute atomic E-state index is 12.6. The van der Waals surface area contributed by atoms with Gasteiger partial charge in [-0.2, -0.15) is 4.31 Å². The predicted molar refractivity (Wildman–Crippen MR) is 106 cm³/mol. The summed E-state index contributed by atoms with van der Waals surface area (Å²) in [6.45, 7) is 0.995. The summed E-state index contributed by atoms with van der Waals surface area (Å²) in [5, 5.41) is 0.624. The lowest BCUT2D eigenvalue weighted by atomic mass is 9.98. The molecule has 1 aliphatic heterocycles. The van der Waals surface area contributed by atoms with Crippen LogP contribution in [0.1, 0.15) is 12.8 Å². The van der Waals surface area contributed by atoms with Crippen LogP contribution in [-0.2, 0) is 19.6 Å². The third kappa shape index (κ3) is 5.25. The first-order valence-electron chi connectivity index (χ1n) is 9.07. The second-order valence-corrected chi connectivity index (χ2v) is 8.84. The molecule has 6 nitrogen and oxygen atoms in total. The van der Waals surface area contributed by atoms with E-state index in [1.54, 1.807) is 54.6 Å². The number of hydrogen-bond donors (Lipinski definition) is 0. The topological polar surface area (TPSA) is 72.9 Å². The maximum Gasteiger partial charge on any atom is 0.309 e. The Kier molecular flexibility index (Phi) is 6.93. The second kappa shape index (κ2) is 9.41. The highest BCUT2D eigenvalue weighted by molar-refractivity contribution is 7.89. The van der Waals surface area contributed by atoms with Crippen LogP contribution in [0.25, 0.3) is 0 Å². The van der Waals surface area contributed by atoms with Crippen molar-refractivity contribution in [1.82, 2.24) is 4.31 Å². The van der Waals surface area contributed by atoms with Crippen molar-refractivity contribution in [3.05, 3.63) is 59.6 Å². The Balaban J connectivity index is 1.42. The molecule has 0 bridgehead atoms. The fourth-order valence-electron chi connectivity index (χ4n) is 3.02. The minimum Gasteiger partial charge on any atom is -0.490 e. The molecule has 150 valence electrons. The van der Waals surface area contributed by atoms with Gasteiger partial charge in [0.1, 0.15) is 19.0 Å². The van der Waals surface area contributed by atoms with Crippen LogP contribution < -0.4 is 4.74 Å². The molecule has 0 aromatic heterocycles. The zero-order chi connectivity index (χ0) is 20.0. The molecule has 1 fully saturated rings. The van der Waals surface area contributed by atoms with Gasteiger partial charge in [-0.05, 0) is 49.2 Å². The molecule has 28 heavy (non-hydrogen) atoms. The van der Waals surface area contributed by atoms with Crippen LogP contribution in [0.2, 0.25) is 5.02 Å². The minimum atomic E-state index is -3.51. The summed E-state index contributed by atoms with van der Waals surface area (Å²) in [7, 11) is -3.51. The number of piperidine rings is 1. The van der Waals surface area contributed by atoms with E-state index in [4.69, 9.17) is 21.1 Å². The van der Waals surface area contributed by atoms with Gasteiger partial charge in [0.25, 0.3) is 0 Å². The number of hydrogen-bond acceptors (Lipinski definition) is 5.